The predicted molar refractivity (Wildman–Crippen MR) is 45.4 cm³/mol. The number of nitrogens with zero attached hydrogens (tertiary/aromatic N) is 2. The van der Waals surface area contributed by atoms with Gasteiger partial charge in [-0.1, -0.05) is 37.3 Å². The molecule has 2 rings (SSSR count). The fraction of sp³-hybridized carbons (Fsp3) is 0.333. The average Bonchev–Trinajstić information content (AvgIpc) is 2.69. The minimum absolute atomic E-state index is 0.695. The third-order valence-corrected chi connectivity index (χ3v) is 2.11. The van der Waals surface area contributed by atoms with E-state index in [1.54, 1.807) is 0 Å². The van der Waals surface area contributed by atoms with Crippen LogP contribution in [0.2, 0.25) is 0 Å². The molecular weight excluding hydrogens is 168 g/mol. The van der Waals surface area contributed by atoms with Gasteiger partial charge < -0.3 is 0 Å². The highest BCUT2D eigenvalue weighted by molar-refractivity contribution is 5.21. The van der Waals surface area contributed by atoms with Gasteiger partial charge in [0.1, 0.15) is 0 Å². The second-order valence-electron chi connectivity index (χ2n) is 2.84. The second kappa shape index (κ2) is 3.14. The molecule has 1 atom stereocenters. The molecule has 0 saturated heterocycles. The Hall–Kier alpha value is -1.42. The van der Waals surface area contributed by atoms with Crippen LogP contribution >= 0.6 is 0 Å². The van der Waals surface area contributed by atoms with Crippen molar-refractivity contribution >= 4 is 0 Å². The summed E-state index contributed by atoms with van der Waals surface area (Å²) in [6.07, 6.45) is 0.695. The summed E-state index contributed by atoms with van der Waals surface area (Å²) in [7, 11) is 0. The van der Waals surface area contributed by atoms with Crippen molar-refractivity contribution in [3.05, 3.63) is 35.9 Å². The molecule has 1 aliphatic heterocycles. The first-order chi connectivity index (χ1) is 6.37. The Balaban J connectivity index is 2.37. The first kappa shape index (κ1) is 8.19. The van der Waals surface area contributed by atoms with E-state index in [-0.39, 0.29) is 0 Å². The second-order valence-corrected chi connectivity index (χ2v) is 2.84. The molecular formula is C9H10N2O2. The fourth-order valence-corrected chi connectivity index (χ4v) is 1.32. The summed E-state index contributed by atoms with van der Waals surface area (Å²) in [5, 5.41) is 7.32. The highest BCUT2D eigenvalue weighted by Gasteiger charge is 2.37. The number of hydrogen-bond donors (Lipinski definition) is 0. The summed E-state index contributed by atoms with van der Waals surface area (Å²) in [5.41, 5.74) is 0.222. The number of rotatable bonds is 2. The minimum Gasteiger partial charge on any atom is -0.197 e. The molecule has 1 heterocycles. The van der Waals surface area contributed by atoms with Crippen LogP contribution in [0.4, 0.5) is 0 Å². The molecule has 0 aromatic heterocycles. The smallest absolute Gasteiger partial charge is 0.197 e. The highest BCUT2D eigenvalue weighted by atomic mass is 17.3. The van der Waals surface area contributed by atoms with Crippen molar-refractivity contribution in [1.82, 2.24) is 0 Å². The average molecular weight is 178 g/mol. The number of hydrogen-bond acceptors (Lipinski definition) is 4. The van der Waals surface area contributed by atoms with Crippen LogP contribution in [0, 0.1) is 0 Å². The van der Waals surface area contributed by atoms with Crippen molar-refractivity contribution in [3.8, 4) is 0 Å². The van der Waals surface area contributed by atoms with E-state index in [4.69, 9.17) is 4.89 Å². The minimum atomic E-state index is -0.735. The Labute approximate surface area is 76.1 Å². The van der Waals surface area contributed by atoms with E-state index in [0.29, 0.717) is 6.42 Å². The van der Waals surface area contributed by atoms with Gasteiger partial charge in [0.15, 0.2) is 0 Å². The Morgan fingerprint density at radius 1 is 1.31 bits per heavy atom. The van der Waals surface area contributed by atoms with E-state index >= 15 is 0 Å². The molecule has 1 aliphatic rings. The zero-order valence-electron chi connectivity index (χ0n) is 7.30. The summed E-state index contributed by atoms with van der Waals surface area (Å²) >= 11 is 0. The maximum atomic E-state index is 5.04. The van der Waals surface area contributed by atoms with Crippen molar-refractivity contribution in [2.24, 2.45) is 10.4 Å². The largest absolute Gasteiger partial charge is 0.254 e. The van der Waals surface area contributed by atoms with Crippen LogP contribution in [0.5, 0.6) is 0 Å². The van der Waals surface area contributed by atoms with Crippen LogP contribution in [0.15, 0.2) is 40.7 Å². The lowest BCUT2D eigenvalue weighted by Crippen LogP contribution is -2.22. The van der Waals surface area contributed by atoms with Crippen LogP contribution in [0.1, 0.15) is 18.9 Å². The van der Waals surface area contributed by atoms with Gasteiger partial charge in [0, 0.05) is 12.0 Å². The van der Waals surface area contributed by atoms with E-state index in [0.717, 1.165) is 5.56 Å². The van der Waals surface area contributed by atoms with Crippen LogP contribution in [-0.2, 0) is 15.6 Å². The summed E-state index contributed by atoms with van der Waals surface area (Å²) in [5.74, 6) is 0. The van der Waals surface area contributed by atoms with Crippen molar-refractivity contribution in [2.75, 3.05) is 0 Å². The van der Waals surface area contributed by atoms with Crippen molar-refractivity contribution in [3.63, 3.8) is 0 Å². The van der Waals surface area contributed by atoms with E-state index in [1.165, 1.54) is 0 Å². The Bertz CT molecular complexity index is 313. The van der Waals surface area contributed by atoms with Crippen LogP contribution < -0.4 is 0 Å². The summed E-state index contributed by atoms with van der Waals surface area (Å²) in [6, 6.07) is 9.70. The van der Waals surface area contributed by atoms with E-state index < -0.39 is 5.72 Å². The molecule has 68 valence electrons. The Morgan fingerprint density at radius 2 is 2.08 bits per heavy atom. The zero-order chi connectivity index (χ0) is 9.15. The van der Waals surface area contributed by atoms with E-state index in [2.05, 4.69) is 15.4 Å². The molecule has 0 N–H and O–H groups in total. The molecule has 0 spiro atoms. The molecule has 4 heteroatoms. The quantitative estimate of drug-likeness (QED) is 0.653. The van der Waals surface area contributed by atoms with E-state index in [1.807, 2.05) is 37.3 Å². The summed E-state index contributed by atoms with van der Waals surface area (Å²) < 4.78 is 0. The molecule has 4 nitrogen and oxygen atoms in total. The van der Waals surface area contributed by atoms with Crippen LogP contribution in [-0.4, -0.2) is 0 Å². The van der Waals surface area contributed by atoms with Crippen molar-refractivity contribution in [1.29, 1.82) is 0 Å². The maximum absolute atomic E-state index is 5.04. The van der Waals surface area contributed by atoms with Gasteiger partial charge in [-0.25, -0.2) is 0 Å². The first-order valence-corrected chi connectivity index (χ1v) is 4.20. The lowest BCUT2D eigenvalue weighted by molar-refractivity contribution is -0.333. The van der Waals surface area contributed by atoms with Gasteiger partial charge in [0.2, 0.25) is 0 Å². The van der Waals surface area contributed by atoms with E-state index in [9.17, 15) is 0 Å². The van der Waals surface area contributed by atoms with Crippen molar-refractivity contribution in [2.45, 2.75) is 19.1 Å². The SMILES string of the molecule is CCC1(c2ccccc2)N=NOO1. The molecule has 0 fully saturated rings. The third kappa shape index (κ3) is 1.29. The Kier molecular flexibility index (Phi) is 1.98. The van der Waals surface area contributed by atoms with Crippen molar-refractivity contribution < 1.29 is 9.88 Å². The molecule has 13 heavy (non-hydrogen) atoms. The van der Waals surface area contributed by atoms with Crippen LogP contribution in [0.3, 0.4) is 0 Å². The standard InChI is InChI=1S/C9H10N2O2/c1-2-9(10-11-13-12-9)8-6-4-3-5-7-8/h3-7H,2H2,1H3. The van der Waals surface area contributed by atoms with Gasteiger partial charge in [0.25, 0.3) is 5.72 Å². The van der Waals surface area contributed by atoms with Crippen LogP contribution in [0.25, 0.3) is 0 Å². The zero-order valence-corrected chi connectivity index (χ0v) is 7.30. The third-order valence-electron chi connectivity index (χ3n) is 2.11. The molecule has 1 unspecified atom stereocenters. The number of benzene rings is 1. The lowest BCUT2D eigenvalue weighted by atomic mass is 10.0. The van der Waals surface area contributed by atoms with Gasteiger partial charge in [-0.2, -0.15) is 4.99 Å². The van der Waals surface area contributed by atoms with Gasteiger partial charge in [-0.15, -0.1) is 10.0 Å². The van der Waals surface area contributed by atoms with Gasteiger partial charge in [-0.3, -0.25) is 0 Å². The first-order valence-electron chi connectivity index (χ1n) is 4.20. The van der Waals surface area contributed by atoms with Gasteiger partial charge >= 0.3 is 0 Å². The maximum Gasteiger partial charge on any atom is 0.254 e. The highest BCUT2D eigenvalue weighted by Crippen LogP contribution is 2.35. The Morgan fingerprint density at radius 3 is 2.62 bits per heavy atom. The molecule has 1 aromatic rings. The molecule has 0 amide bonds. The molecule has 0 aliphatic carbocycles. The predicted octanol–water partition coefficient (Wildman–Crippen LogP) is 2.58. The molecule has 1 aromatic carbocycles. The molecule has 0 saturated carbocycles. The topological polar surface area (TPSA) is 43.2 Å². The van der Waals surface area contributed by atoms with Gasteiger partial charge in [0.05, 0.1) is 5.28 Å². The van der Waals surface area contributed by atoms with Gasteiger partial charge in [-0.05, 0) is 0 Å². The summed E-state index contributed by atoms with van der Waals surface area (Å²) in [4.78, 5) is 9.51. The molecule has 0 bridgehead atoms. The molecule has 0 radical (unpaired) electrons. The summed E-state index contributed by atoms with van der Waals surface area (Å²) in [6.45, 7) is 1.97. The normalized spacial score (nSPS) is 25.9. The lowest BCUT2D eigenvalue weighted by Gasteiger charge is -2.18. The monoisotopic (exact) mass is 178 g/mol. The fourth-order valence-electron chi connectivity index (χ4n) is 1.32.